The molecule has 156 valence electrons. The highest BCUT2D eigenvalue weighted by Crippen LogP contribution is 2.39. The van der Waals surface area contributed by atoms with Gasteiger partial charge in [-0.1, -0.05) is 35.9 Å². The standard InChI is InChI=1S/C24H22N4O3/c1-4-30-24-19(13-26)22(18(12-25)23(27)28-24)17-9-10-20(21(11-17)29-3)31-14-16-7-5-15(2)6-8-16/h5-11H,4,14H2,1-3H3,(H2,27,28). The highest BCUT2D eigenvalue weighted by molar-refractivity contribution is 5.83. The van der Waals surface area contributed by atoms with Crippen LogP contribution >= 0.6 is 0 Å². The van der Waals surface area contributed by atoms with Gasteiger partial charge in [-0.3, -0.25) is 0 Å². The van der Waals surface area contributed by atoms with Gasteiger partial charge in [0, 0.05) is 5.56 Å². The van der Waals surface area contributed by atoms with Gasteiger partial charge in [-0.05, 0) is 37.1 Å². The normalized spacial score (nSPS) is 10.1. The molecule has 7 nitrogen and oxygen atoms in total. The number of hydrogen-bond acceptors (Lipinski definition) is 7. The highest BCUT2D eigenvalue weighted by Gasteiger charge is 2.22. The van der Waals surface area contributed by atoms with Gasteiger partial charge in [0.15, 0.2) is 11.5 Å². The highest BCUT2D eigenvalue weighted by atomic mass is 16.5. The van der Waals surface area contributed by atoms with Crippen LogP contribution in [-0.4, -0.2) is 18.7 Å². The molecule has 0 unspecified atom stereocenters. The second kappa shape index (κ2) is 9.51. The molecule has 0 aliphatic carbocycles. The van der Waals surface area contributed by atoms with Gasteiger partial charge >= 0.3 is 0 Å². The summed E-state index contributed by atoms with van der Waals surface area (Å²) in [5, 5.41) is 19.4. The zero-order valence-corrected chi connectivity index (χ0v) is 17.6. The number of nitrogens with zero attached hydrogens (tertiary/aromatic N) is 3. The lowest BCUT2D eigenvalue weighted by molar-refractivity contribution is 0.284. The average Bonchev–Trinajstić information content (AvgIpc) is 2.78. The van der Waals surface area contributed by atoms with Gasteiger partial charge in [0.2, 0.25) is 5.88 Å². The molecule has 2 aromatic carbocycles. The van der Waals surface area contributed by atoms with Crippen molar-refractivity contribution >= 4 is 5.82 Å². The lowest BCUT2D eigenvalue weighted by atomic mass is 9.96. The summed E-state index contributed by atoms with van der Waals surface area (Å²) in [6.45, 7) is 4.49. The second-order valence-electron chi connectivity index (χ2n) is 6.72. The van der Waals surface area contributed by atoms with Crippen molar-refractivity contribution in [3.05, 3.63) is 64.7 Å². The molecule has 3 aromatic rings. The Labute approximate surface area is 181 Å². The molecule has 2 N–H and O–H groups in total. The summed E-state index contributed by atoms with van der Waals surface area (Å²) in [6, 6.07) is 17.4. The first-order chi connectivity index (χ1) is 15.0. The van der Waals surface area contributed by atoms with E-state index in [0.29, 0.717) is 35.8 Å². The van der Waals surface area contributed by atoms with E-state index >= 15 is 0 Å². The van der Waals surface area contributed by atoms with Crippen LogP contribution in [0.2, 0.25) is 0 Å². The van der Waals surface area contributed by atoms with Crippen LogP contribution in [0.15, 0.2) is 42.5 Å². The average molecular weight is 414 g/mol. The number of anilines is 1. The van der Waals surface area contributed by atoms with E-state index < -0.39 is 0 Å². The lowest BCUT2D eigenvalue weighted by Gasteiger charge is -2.16. The number of nitriles is 2. The first-order valence-corrected chi connectivity index (χ1v) is 9.65. The minimum atomic E-state index is -0.00128. The van der Waals surface area contributed by atoms with E-state index in [1.165, 1.54) is 12.7 Å². The molecule has 1 heterocycles. The Kier molecular flexibility index (Phi) is 6.59. The van der Waals surface area contributed by atoms with E-state index in [1.807, 2.05) is 37.3 Å². The molecule has 1 aromatic heterocycles. The molecule has 0 aliphatic heterocycles. The number of aryl methyl sites for hydroxylation is 1. The number of methoxy groups -OCH3 is 1. The maximum Gasteiger partial charge on any atom is 0.234 e. The maximum atomic E-state index is 9.73. The van der Waals surface area contributed by atoms with Crippen molar-refractivity contribution in [3.63, 3.8) is 0 Å². The molecule has 0 aliphatic rings. The van der Waals surface area contributed by atoms with Crippen LogP contribution < -0.4 is 19.9 Å². The maximum absolute atomic E-state index is 9.73. The lowest BCUT2D eigenvalue weighted by Crippen LogP contribution is -2.06. The summed E-state index contributed by atoms with van der Waals surface area (Å²) in [5.74, 6) is 1.09. The van der Waals surface area contributed by atoms with E-state index in [-0.39, 0.29) is 22.8 Å². The van der Waals surface area contributed by atoms with Gasteiger partial charge in [-0.25, -0.2) is 0 Å². The van der Waals surface area contributed by atoms with E-state index in [2.05, 4.69) is 11.1 Å². The van der Waals surface area contributed by atoms with Crippen LogP contribution in [0.3, 0.4) is 0 Å². The molecule has 0 amide bonds. The summed E-state index contributed by atoms with van der Waals surface area (Å²) >= 11 is 0. The number of benzene rings is 2. The molecule has 0 spiro atoms. The third-order valence-electron chi connectivity index (χ3n) is 4.66. The molecule has 7 heteroatoms. The van der Waals surface area contributed by atoms with Crippen molar-refractivity contribution < 1.29 is 14.2 Å². The van der Waals surface area contributed by atoms with Crippen molar-refractivity contribution in [2.24, 2.45) is 0 Å². The summed E-state index contributed by atoms with van der Waals surface area (Å²) in [6.07, 6.45) is 0. The summed E-state index contributed by atoms with van der Waals surface area (Å²) < 4.78 is 16.9. The Hall–Kier alpha value is -4.23. The van der Waals surface area contributed by atoms with Crippen molar-refractivity contribution in [2.45, 2.75) is 20.5 Å². The van der Waals surface area contributed by atoms with Gasteiger partial charge in [0.05, 0.1) is 13.7 Å². The van der Waals surface area contributed by atoms with Crippen LogP contribution in [0.25, 0.3) is 11.1 Å². The van der Waals surface area contributed by atoms with Crippen LogP contribution in [0.1, 0.15) is 29.2 Å². The van der Waals surface area contributed by atoms with Crippen LogP contribution in [0, 0.1) is 29.6 Å². The van der Waals surface area contributed by atoms with Gasteiger partial charge in [0.25, 0.3) is 0 Å². The van der Waals surface area contributed by atoms with Gasteiger partial charge in [0.1, 0.15) is 35.7 Å². The molecular formula is C24H22N4O3. The second-order valence-corrected chi connectivity index (χ2v) is 6.72. The fourth-order valence-corrected chi connectivity index (χ4v) is 3.12. The quantitative estimate of drug-likeness (QED) is 0.610. The number of nitrogens with two attached hydrogens (primary N) is 1. The number of ether oxygens (including phenoxy) is 3. The number of pyridine rings is 1. The van der Waals surface area contributed by atoms with Crippen molar-refractivity contribution in [1.82, 2.24) is 4.98 Å². The Balaban J connectivity index is 2.03. The minimum absolute atomic E-state index is 0.00128. The molecule has 3 rings (SSSR count). The molecule has 0 bridgehead atoms. The van der Waals surface area contributed by atoms with E-state index in [1.54, 1.807) is 25.1 Å². The Morgan fingerprint density at radius 1 is 0.968 bits per heavy atom. The number of aromatic nitrogens is 1. The summed E-state index contributed by atoms with van der Waals surface area (Å²) in [7, 11) is 1.53. The monoisotopic (exact) mass is 414 g/mol. The largest absolute Gasteiger partial charge is 0.493 e. The van der Waals surface area contributed by atoms with Crippen molar-refractivity contribution in [1.29, 1.82) is 10.5 Å². The number of rotatable bonds is 7. The van der Waals surface area contributed by atoms with Gasteiger partial charge in [-0.15, -0.1) is 0 Å². The third kappa shape index (κ3) is 4.52. The molecule has 0 radical (unpaired) electrons. The van der Waals surface area contributed by atoms with Crippen LogP contribution in [0.4, 0.5) is 5.82 Å². The Morgan fingerprint density at radius 2 is 1.68 bits per heavy atom. The van der Waals surface area contributed by atoms with Crippen LogP contribution in [0.5, 0.6) is 17.4 Å². The first kappa shape index (κ1) is 21.5. The fraction of sp³-hybridized carbons (Fsp3) is 0.208. The predicted octanol–water partition coefficient (Wildman–Crippen LogP) is 4.37. The molecule has 0 fully saturated rings. The van der Waals surface area contributed by atoms with E-state index in [9.17, 15) is 10.5 Å². The molecular weight excluding hydrogens is 392 g/mol. The van der Waals surface area contributed by atoms with Gasteiger partial charge < -0.3 is 19.9 Å². The zero-order chi connectivity index (χ0) is 22.4. The summed E-state index contributed by atoms with van der Waals surface area (Å²) in [4.78, 5) is 4.07. The molecule has 0 saturated carbocycles. The SMILES string of the molecule is CCOc1nc(N)c(C#N)c(-c2ccc(OCc3ccc(C)cc3)c(OC)c2)c1C#N. The summed E-state index contributed by atoms with van der Waals surface area (Å²) in [5.41, 5.74) is 9.34. The number of hydrogen-bond donors (Lipinski definition) is 1. The topological polar surface area (TPSA) is 114 Å². The minimum Gasteiger partial charge on any atom is -0.493 e. The van der Waals surface area contributed by atoms with Crippen molar-refractivity contribution in [2.75, 3.05) is 19.5 Å². The first-order valence-electron chi connectivity index (χ1n) is 9.65. The molecule has 0 saturated heterocycles. The third-order valence-corrected chi connectivity index (χ3v) is 4.66. The Bertz CT molecular complexity index is 1180. The number of nitrogen functional groups attached to an aromatic ring is 1. The van der Waals surface area contributed by atoms with Gasteiger partial charge in [-0.2, -0.15) is 15.5 Å². The Morgan fingerprint density at radius 3 is 2.29 bits per heavy atom. The van der Waals surface area contributed by atoms with Crippen molar-refractivity contribution in [3.8, 4) is 40.6 Å². The zero-order valence-electron chi connectivity index (χ0n) is 17.6. The smallest absolute Gasteiger partial charge is 0.234 e. The molecule has 0 atom stereocenters. The predicted molar refractivity (Wildman–Crippen MR) is 117 cm³/mol. The van der Waals surface area contributed by atoms with E-state index in [4.69, 9.17) is 19.9 Å². The van der Waals surface area contributed by atoms with E-state index in [0.717, 1.165) is 5.56 Å². The molecule has 31 heavy (non-hydrogen) atoms. The fourth-order valence-electron chi connectivity index (χ4n) is 3.12. The van der Waals surface area contributed by atoms with Crippen LogP contribution in [-0.2, 0) is 6.61 Å².